The summed E-state index contributed by atoms with van der Waals surface area (Å²) in [5.74, 6) is 0.505. The largest absolute Gasteiger partial charge is 0.497 e. The molecule has 1 aliphatic carbocycles. The second kappa shape index (κ2) is 5.59. The summed E-state index contributed by atoms with van der Waals surface area (Å²) in [7, 11) is 3.02. The summed E-state index contributed by atoms with van der Waals surface area (Å²) in [5, 5.41) is 0. The van der Waals surface area contributed by atoms with Gasteiger partial charge in [-0.25, -0.2) is 0 Å². The number of methoxy groups -OCH3 is 2. The second-order valence-electron chi connectivity index (χ2n) is 4.46. The van der Waals surface area contributed by atoms with Crippen molar-refractivity contribution in [3.63, 3.8) is 0 Å². The molecular formula is C13H18ClNO3. The highest BCUT2D eigenvalue weighted by molar-refractivity contribution is 5.85. The third kappa shape index (κ3) is 2.60. The highest BCUT2D eigenvalue weighted by Gasteiger charge is 2.38. The molecule has 0 aromatic heterocycles. The molecule has 5 heteroatoms. The minimum atomic E-state index is -0.879. The van der Waals surface area contributed by atoms with Gasteiger partial charge in [0.1, 0.15) is 11.3 Å². The summed E-state index contributed by atoms with van der Waals surface area (Å²) in [4.78, 5) is 11.6. The maximum absolute atomic E-state index is 11.6. The van der Waals surface area contributed by atoms with Crippen molar-refractivity contribution in [1.82, 2.24) is 0 Å². The van der Waals surface area contributed by atoms with E-state index in [0.717, 1.165) is 17.7 Å². The van der Waals surface area contributed by atoms with E-state index in [4.69, 9.17) is 15.2 Å². The average molecular weight is 272 g/mol. The van der Waals surface area contributed by atoms with Gasteiger partial charge >= 0.3 is 5.97 Å². The first-order chi connectivity index (χ1) is 8.09. The lowest BCUT2D eigenvalue weighted by atomic mass is 9.78. The summed E-state index contributed by atoms with van der Waals surface area (Å²) >= 11 is 0. The van der Waals surface area contributed by atoms with Crippen molar-refractivity contribution in [2.24, 2.45) is 5.73 Å². The number of fused-ring (bicyclic) bond motifs is 1. The van der Waals surface area contributed by atoms with Gasteiger partial charge in [-0.2, -0.15) is 0 Å². The van der Waals surface area contributed by atoms with E-state index in [1.165, 1.54) is 12.7 Å². The zero-order chi connectivity index (χ0) is 12.5. The molecule has 1 unspecified atom stereocenters. The van der Waals surface area contributed by atoms with Crippen LogP contribution in [0.3, 0.4) is 0 Å². The van der Waals surface area contributed by atoms with Crippen molar-refractivity contribution in [3.05, 3.63) is 29.3 Å². The standard InChI is InChI=1S/C13H17NO3.ClH/c1-16-11-4-3-10-8-13(14,12(15)17-2)6-5-9(10)7-11;/h3-4,7H,5-6,8,14H2,1-2H3;1H. The third-order valence-electron chi connectivity index (χ3n) is 3.35. The van der Waals surface area contributed by atoms with Crippen molar-refractivity contribution < 1.29 is 14.3 Å². The lowest BCUT2D eigenvalue weighted by Crippen LogP contribution is -2.52. The van der Waals surface area contributed by atoms with Crippen LogP contribution in [0.2, 0.25) is 0 Å². The Balaban J connectivity index is 0.00000162. The summed E-state index contributed by atoms with van der Waals surface area (Å²) in [6, 6.07) is 5.87. The molecule has 0 fully saturated rings. The van der Waals surface area contributed by atoms with Gasteiger partial charge in [0, 0.05) is 6.42 Å². The summed E-state index contributed by atoms with van der Waals surface area (Å²) in [6.07, 6.45) is 1.91. The number of hydrogen-bond donors (Lipinski definition) is 1. The van der Waals surface area contributed by atoms with Crippen LogP contribution < -0.4 is 10.5 Å². The Hall–Kier alpha value is -1.26. The van der Waals surface area contributed by atoms with Crippen molar-refractivity contribution >= 4 is 18.4 Å². The summed E-state index contributed by atoms with van der Waals surface area (Å²) in [5.41, 5.74) is 7.52. The van der Waals surface area contributed by atoms with Crippen molar-refractivity contribution in [1.29, 1.82) is 0 Å². The number of benzene rings is 1. The Bertz CT molecular complexity index is 450. The Labute approximate surface area is 113 Å². The summed E-state index contributed by atoms with van der Waals surface area (Å²) in [6.45, 7) is 0. The van der Waals surface area contributed by atoms with Crippen LogP contribution in [-0.4, -0.2) is 25.7 Å². The fourth-order valence-electron chi connectivity index (χ4n) is 2.30. The fraction of sp³-hybridized carbons (Fsp3) is 0.462. The number of rotatable bonds is 2. The fourth-order valence-corrected chi connectivity index (χ4v) is 2.30. The maximum Gasteiger partial charge on any atom is 0.326 e. The monoisotopic (exact) mass is 271 g/mol. The number of carbonyl (C=O) groups is 1. The SMILES string of the molecule is COC(=O)C1(N)CCc2cc(OC)ccc2C1.Cl. The lowest BCUT2D eigenvalue weighted by molar-refractivity contribution is -0.147. The molecular weight excluding hydrogens is 254 g/mol. The van der Waals surface area contributed by atoms with Crippen LogP contribution >= 0.6 is 12.4 Å². The molecule has 0 bridgehead atoms. The minimum absolute atomic E-state index is 0. The molecule has 0 radical (unpaired) electrons. The van der Waals surface area contributed by atoms with E-state index in [1.807, 2.05) is 18.2 Å². The Morgan fingerprint density at radius 2 is 2.06 bits per heavy atom. The van der Waals surface area contributed by atoms with Gasteiger partial charge in [0.05, 0.1) is 14.2 Å². The van der Waals surface area contributed by atoms with Crippen molar-refractivity contribution in [3.8, 4) is 5.75 Å². The molecule has 1 atom stereocenters. The van der Waals surface area contributed by atoms with Gasteiger partial charge in [0.15, 0.2) is 0 Å². The quantitative estimate of drug-likeness (QED) is 0.828. The van der Waals surface area contributed by atoms with Gasteiger partial charge in [-0.15, -0.1) is 12.4 Å². The normalized spacial score (nSPS) is 21.5. The first-order valence-corrected chi connectivity index (χ1v) is 5.62. The van der Waals surface area contributed by atoms with Crippen LogP contribution in [0.25, 0.3) is 0 Å². The number of esters is 1. The Morgan fingerprint density at radius 1 is 1.33 bits per heavy atom. The van der Waals surface area contributed by atoms with Gasteiger partial charge in [0.25, 0.3) is 0 Å². The average Bonchev–Trinajstić information content (AvgIpc) is 2.37. The van der Waals surface area contributed by atoms with Gasteiger partial charge in [-0.1, -0.05) is 6.07 Å². The molecule has 0 amide bonds. The second-order valence-corrected chi connectivity index (χ2v) is 4.46. The van der Waals surface area contributed by atoms with E-state index in [-0.39, 0.29) is 18.4 Å². The maximum atomic E-state index is 11.6. The highest BCUT2D eigenvalue weighted by Crippen LogP contribution is 2.30. The Kier molecular flexibility index (Phi) is 4.59. The topological polar surface area (TPSA) is 61.5 Å². The molecule has 18 heavy (non-hydrogen) atoms. The van der Waals surface area contributed by atoms with E-state index in [2.05, 4.69) is 0 Å². The number of halogens is 1. The molecule has 0 saturated carbocycles. The highest BCUT2D eigenvalue weighted by atomic mass is 35.5. The molecule has 100 valence electrons. The van der Waals surface area contributed by atoms with Crippen LogP contribution in [0.15, 0.2) is 18.2 Å². The van der Waals surface area contributed by atoms with Gasteiger partial charge in [0.2, 0.25) is 0 Å². The third-order valence-corrected chi connectivity index (χ3v) is 3.35. The molecule has 2 rings (SSSR count). The molecule has 0 spiro atoms. The molecule has 1 aromatic carbocycles. The van der Waals surface area contributed by atoms with Crippen LogP contribution in [-0.2, 0) is 22.4 Å². The zero-order valence-electron chi connectivity index (χ0n) is 10.6. The van der Waals surface area contributed by atoms with E-state index < -0.39 is 5.54 Å². The number of nitrogens with two attached hydrogens (primary N) is 1. The first-order valence-electron chi connectivity index (χ1n) is 5.62. The molecule has 0 heterocycles. The van der Waals surface area contributed by atoms with E-state index >= 15 is 0 Å². The van der Waals surface area contributed by atoms with Gasteiger partial charge in [-0.3, -0.25) is 4.79 Å². The summed E-state index contributed by atoms with van der Waals surface area (Å²) < 4.78 is 9.94. The smallest absolute Gasteiger partial charge is 0.326 e. The van der Waals surface area contributed by atoms with Crippen LogP contribution in [0.5, 0.6) is 5.75 Å². The number of aryl methyl sites for hydroxylation is 1. The predicted octanol–water partition coefficient (Wildman–Crippen LogP) is 1.48. The number of carbonyl (C=O) groups excluding carboxylic acids is 1. The van der Waals surface area contributed by atoms with Crippen LogP contribution in [0, 0.1) is 0 Å². The van der Waals surface area contributed by atoms with Crippen LogP contribution in [0.1, 0.15) is 17.5 Å². The molecule has 1 aliphatic rings. The Morgan fingerprint density at radius 3 is 2.67 bits per heavy atom. The van der Waals surface area contributed by atoms with E-state index in [9.17, 15) is 4.79 Å². The van der Waals surface area contributed by atoms with Crippen molar-refractivity contribution in [2.75, 3.05) is 14.2 Å². The van der Waals surface area contributed by atoms with Gasteiger partial charge in [-0.05, 0) is 36.1 Å². The van der Waals surface area contributed by atoms with Crippen molar-refractivity contribution in [2.45, 2.75) is 24.8 Å². The molecule has 1 aromatic rings. The van der Waals surface area contributed by atoms with Crippen LogP contribution in [0.4, 0.5) is 0 Å². The number of hydrogen-bond acceptors (Lipinski definition) is 4. The molecule has 4 nitrogen and oxygen atoms in total. The minimum Gasteiger partial charge on any atom is -0.497 e. The molecule has 0 aliphatic heterocycles. The zero-order valence-corrected chi connectivity index (χ0v) is 11.4. The lowest BCUT2D eigenvalue weighted by Gasteiger charge is -2.32. The first kappa shape index (κ1) is 14.8. The molecule has 0 saturated heterocycles. The van der Waals surface area contributed by atoms with Gasteiger partial charge < -0.3 is 15.2 Å². The van der Waals surface area contributed by atoms with E-state index in [0.29, 0.717) is 12.8 Å². The predicted molar refractivity (Wildman–Crippen MR) is 71.2 cm³/mol. The van der Waals surface area contributed by atoms with E-state index in [1.54, 1.807) is 7.11 Å². The molecule has 2 N–H and O–H groups in total. The number of ether oxygens (including phenoxy) is 2.